The summed E-state index contributed by atoms with van der Waals surface area (Å²) in [6, 6.07) is 7.81. The van der Waals surface area contributed by atoms with Crippen molar-refractivity contribution in [1.29, 1.82) is 0 Å². The molecule has 2 N–H and O–H groups in total. The Morgan fingerprint density at radius 2 is 2.00 bits per heavy atom. The third-order valence-electron chi connectivity index (χ3n) is 3.29. The fraction of sp³-hybridized carbons (Fsp3) is 0.500. The molecule has 1 aliphatic heterocycles. The van der Waals surface area contributed by atoms with Crippen LogP contribution in [0.25, 0.3) is 0 Å². The largest absolute Gasteiger partial charge is 0.326 e. The van der Waals surface area contributed by atoms with Crippen LogP contribution in [0, 0.1) is 6.92 Å². The number of rotatable bonds is 1. The zero-order chi connectivity index (χ0) is 11.8. The van der Waals surface area contributed by atoms with Crippen LogP contribution in [-0.2, 0) is 9.84 Å². The van der Waals surface area contributed by atoms with Gasteiger partial charge in [-0.15, -0.1) is 0 Å². The first kappa shape index (κ1) is 11.6. The van der Waals surface area contributed by atoms with Gasteiger partial charge in [-0.1, -0.05) is 24.3 Å². The fourth-order valence-corrected chi connectivity index (χ4v) is 4.00. The molecule has 0 saturated carbocycles. The van der Waals surface area contributed by atoms with Gasteiger partial charge in [0.15, 0.2) is 9.84 Å². The van der Waals surface area contributed by atoms with E-state index in [1.165, 1.54) is 11.1 Å². The highest BCUT2D eigenvalue weighted by molar-refractivity contribution is 7.91. The Hall–Kier alpha value is -0.870. The number of nitrogens with two attached hydrogens (primary N) is 1. The summed E-state index contributed by atoms with van der Waals surface area (Å²) in [6.45, 7) is 2.05. The van der Waals surface area contributed by atoms with Crippen molar-refractivity contribution in [2.24, 2.45) is 5.73 Å². The molecule has 88 valence electrons. The van der Waals surface area contributed by atoms with Gasteiger partial charge in [-0.3, -0.25) is 0 Å². The van der Waals surface area contributed by atoms with Gasteiger partial charge in [-0.2, -0.15) is 0 Å². The maximum absolute atomic E-state index is 11.4. The summed E-state index contributed by atoms with van der Waals surface area (Å²) in [7, 11) is -2.91. The van der Waals surface area contributed by atoms with Gasteiger partial charge in [0, 0.05) is 12.0 Å². The lowest BCUT2D eigenvalue weighted by Gasteiger charge is -2.29. The molecule has 2 rings (SSSR count). The van der Waals surface area contributed by atoms with Crippen LogP contribution >= 0.6 is 0 Å². The minimum Gasteiger partial charge on any atom is -0.326 e. The van der Waals surface area contributed by atoms with E-state index in [1.54, 1.807) is 0 Å². The SMILES string of the molecule is Cc1ccccc1C1CCS(=O)(=O)CC1N. The Kier molecular flexibility index (Phi) is 3.04. The molecule has 2 unspecified atom stereocenters. The standard InChI is InChI=1S/C12H17NO2S/c1-9-4-2-3-5-10(9)11-6-7-16(14,15)8-12(11)13/h2-5,11-12H,6-8,13H2,1H3. The predicted octanol–water partition coefficient (Wildman–Crippen LogP) is 1.22. The fourth-order valence-electron chi connectivity index (χ4n) is 2.40. The van der Waals surface area contributed by atoms with Crippen LogP contribution in [0.15, 0.2) is 24.3 Å². The Bertz CT molecular complexity index is 482. The van der Waals surface area contributed by atoms with Crippen LogP contribution in [0.1, 0.15) is 23.5 Å². The third-order valence-corrected chi connectivity index (χ3v) is 5.04. The van der Waals surface area contributed by atoms with E-state index in [4.69, 9.17) is 5.73 Å². The molecule has 4 heteroatoms. The van der Waals surface area contributed by atoms with E-state index in [9.17, 15) is 8.42 Å². The van der Waals surface area contributed by atoms with Crippen LogP contribution in [0.4, 0.5) is 0 Å². The van der Waals surface area contributed by atoms with E-state index in [0.717, 1.165) is 0 Å². The third kappa shape index (κ3) is 2.28. The quantitative estimate of drug-likeness (QED) is 0.801. The molecule has 1 fully saturated rings. The first-order valence-corrected chi connectivity index (χ1v) is 7.33. The number of hydrogen-bond acceptors (Lipinski definition) is 3. The Labute approximate surface area is 96.6 Å². The highest BCUT2D eigenvalue weighted by Gasteiger charge is 2.32. The first-order valence-electron chi connectivity index (χ1n) is 5.51. The van der Waals surface area contributed by atoms with Gasteiger partial charge in [0.1, 0.15) is 0 Å². The summed E-state index contributed by atoms with van der Waals surface area (Å²) < 4.78 is 22.9. The number of benzene rings is 1. The van der Waals surface area contributed by atoms with E-state index in [0.29, 0.717) is 6.42 Å². The van der Waals surface area contributed by atoms with Crippen molar-refractivity contribution in [3.8, 4) is 0 Å². The van der Waals surface area contributed by atoms with Gasteiger partial charge >= 0.3 is 0 Å². The van der Waals surface area contributed by atoms with Crippen molar-refractivity contribution in [2.45, 2.75) is 25.3 Å². The van der Waals surface area contributed by atoms with Crippen molar-refractivity contribution in [3.63, 3.8) is 0 Å². The van der Waals surface area contributed by atoms with Crippen molar-refractivity contribution < 1.29 is 8.42 Å². The zero-order valence-corrected chi connectivity index (χ0v) is 10.2. The van der Waals surface area contributed by atoms with Gasteiger partial charge in [0.05, 0.1) is 11.5 Å². The molecule has 1 saturated heterocycles. The summed E-state index contributed by atoms with van der Waals surface area (Å²) in [5.74, 6) is 0.566. The van der Waals surface area contributed by atoms with E-state index in [1.807, 2.05) is 25.1 Å². The number of hydrogen-bond donors (Lipinski definition) is 1. The zero-order valence-electron chi connectivity index (χ0n) is 9.39. The molecular weight excluding hydrogens is 222 g/mol. The van der Waals surface area contributed by atoms with E-state index in [-0.39, 0.29) is 23.5 Å². The minimum atomic E-state index is -2.91. The molecule has 1 aliphatic rings. The minimum absolute atomic E-state index is 0.117. The van der Waals surface area contributed by atoms with Crippen LogP contribution in [0.2, 0.25) is 0 Å². The summed E-state index contributed by atoms with van der Waals surface area (Å²) in [6.07, 6.45) is 0.647. The van der Waals surface area contributed by atoms with Crippen LogP contribution < -0.4 is 5.73 Å². The molecule has 1 aromatic carbocycles. The Morgan fingerprint density at radius 3 is 2.62 bits per heavy atom. The molecular formula is C12H17NO2S. The average Bonchev–Trinajstić information content (AvgIpc) is 2.18. The van der Waals surface area contributed by atoms with E-state index < -0.39 is 9.84 Å². The molecule has 0 spiro atoms. The average molecular weight is 239 g/mol. The topological polar surface area (TPSA) is 60.2 Å². The van der Waals surface area contributed by atoms with E-state index >= 15 is 0 Å². The normalized spacial score (nSPS) is 28.9. The molecule has 1 aromatic rings. The molecule has 0 bridgehead atoms. The second-order valence-electron chi connectivity index (χ2n) is 4.53. The van der Waals surface area contributed by atoms with Crippen LogP contribution in [-0.4, -0.2) is 26.0 Å². The predicted molar refractivity (Wildman–Crippen MR) is 65.2 cm³/mol. The molecule has 2 atom stereocenters. The highest BCUT2D eigenvalue weighted by Crippen LogP contribution is 2.30. The number of sulfone groups is 1. The van der Waals surface area contributed by atoms with Gasteiger partial charge in [0.25, 0.3) is 0 Å². The van der Waals surface area contributed by atoms with Crippen molar-refractivity contribution in [2.75, 3.05) is 11.5 Å². The Morgan fingerprint density at radius 1 is 1.31 bits per heavy atom. The van der Waals surface area contributed by atoms with Crippen molar-refractivity contribution in [3.05, 3.63) is 35.4 Å². The van der Waals surface area contributed by atoms with Crippen molar-refractivity contribution >= 4 is 9.84 Å². The molecule has 0 aliphatic carbocycles. The van der Waals surface area contributed by atoms with Gasteiger partial charge in [-0.25, -0.2) is 8.42 Å². The monoisotopic (exact) mass is 239 g/mol. The summed E-state index contributed by atoms with van der Waals surface area (Å²) in [5.41, 5.74) is 8.37. The van der Waals surface area contributed by atoms with Crippen LogP contribution in [0.3, 0.4) is 0 Å². The molecule has 16 heavy (non-hydrogen) atoms. The van der Waals surface area contributed by atoms with Gasteiger partial charge < -0.3 is 5.73 Å². The smallest absolute Gasteiger partial charge is 0.151 e. The second-order valence-corrected chi connectivity index (χ2v) is 6.76. The van der Waals surface area contributed by atoms with Gasteiger partial charge in [-0.05, 0) is 24.5 Å². The van der Waals surface area contributed by atoms with E-state index in [2.05, 4.69) is 6.07 Å². The highest BCUT2D eigenvalue weighted by atomic mass is 32.2. The Balaban J connectivity index is 2.27. The lowest BCUT2D eigenvalue weighted by atomic mass is 9.87. The van der Waals surface area contributed by atoms with Crippen molar-refractivity contribution in [1.82, 2.24) is 0 Å². The summed E-state index contributed by atoms with van der Waals surface area (Å²) in [4.78, 5) is 0. The second kappa shape index (κ2) is 4.18. The molecule has 0 aromatic heterocycles. The summed E-state index contributed by atoms with van der Waals surface area (Å²) >= 11 is 0. The number of aryl methyl sites for hydroxylation is 1. The summed E-state index contributed by atoms with van der Waals surface area (Å²) in [5, 5.41) is 0. The first-order chi connectivity index (χ1) is 7.49. The maximum Gasteiger partial charge on any atom is 0.151 e. The van der Waals surface area contributed by atoms with Gasteiger partial charge in [0.2, 0.25) is 0 Å². The molecule has 3 nitrogen and oxygen atoms in total. The molecule has 0 radical (unpaired) electrons. The molecule has 0 amide bonds. The lowest BCUT2D eigenvalue weighted by molar-refractivity contribution is 0.504. The van der Waals surface area contributed by atoms with Crippen LogP contribution in [0.5, 0.6) is 0 Å². The molecule has 1 heterocycles. The lowest BCUT2D eigenvalue weighted by Crippen LogP contribution is -2.41. The maximum atomic E-state index is 11.4.